The van der Waals surface area contributed by atoms with E-state index in [1.54, 1.807) is 0 Å². The Labute approximate surface area is 146 Å². The fourth-order valence-corrected chi connectivity index (χ4v) is 2.22. The quantitative estimate of drug-likeness (QED) is 0.306. The first-order chi connectivity index (χ1) is 11.6. The van der Waals surface area contributed by atoms with Crippen molar-refractivity contribution in [1.29, 1.82) is 0 Å². The van der Waals surface area contributed by atoms with Crippen molar-refractivity contribution in [2.45, 2.75) is 83.3 Å². The second-order valence-electron chi connectivity index (χ2n) is 6.04. The lowest BCUT2D eigenvalue weighted by atomic mass is 10.0. The van der Waals surface area contributed by atoms with Crippen molar-refractivity contribution in [3.05, 3.63) is 36.5 Å². The summed E-state index contributed by atoms with van der Waals surface area (Å²) in [5.74, 6) is -0.876. The first kappa shape index (κ1) is 22.6. The second kappa shape index (κ2) is 16.5. The van der Waals surface area contributed by atoms with Crippen molar-refractivity contribution in [3.8, 4) is 0 Å². The molecule has 0 saturated heterocycles. The molecule has 0 amide bonds. The highest BCUT2D eigenvalue weighted by Gasteiger charge is 2.14. The average Bonchev–Trinajstić information content (AvgIpc) is 2.55. The summed E-state index contributed by atoms with van der Waals surface area (Å²) in [6.07, 6.45) is 18.6. The molecule has 0 rings (SSSR count). The van der Waals surface area contributed by atoms with E-state index < -0.39 is 18.2 Å². The summed E-state index contributed by atoms with van der Waals surface area (Å²) in [5.41, 5.74) is 0. The Bertz CT molecular complexity index is 385. The van der Waals surface area contributed by atoms with Crippen LogP contribution in [0.25, 0.3) is 0 Å². The number of aliphatic hydroxyl groups excluding tert-OH is 2. The lowest BCUT2D eigenvalue weighted by molar-refractivity contribution is -0.137. The fraction of sp³-hybridized carbons (Fsp3) is 0.650. The molecule has 0 fully saturated rings. The van der Waals surface area contributed by atoms with Crippen LogP contribution in [-0.4, -0.2) is 33.5 Å². The van der Waals surface area contributed by atoms with Crippen LogP contribution in [0.1, 0.15) is 71.1 Å². The third-order valence-electron chi connectivity index (χ3n) is 3.73. The predicted octanol–water partition coefficient (Wildman–Crippen LogP) is 4.38. The molecule has 0 saturated carbocycles. The first-order valence-electron chi connectivity index (χ1n) is 9.10. The molecule has 24 heavy (non-hydrogen) atoms. The number of carboxylic acids is 1. The number of carboxylic acid groups (broad SMARTS) is 1. The Hall–Kier alpha value is -1.39. The van der Waals surface area contributed by atoms with Crippen LogP contribution in [0.3, 0.4) is 0 Å². The molecule has 3 N–H and O–H groups in total. The fourth-order valence-electron chi connectivity index (χ4n) is 2.22. The molecule has 0 spiro atoms. The average molecular weight is 338 g/mol. The number of hydrogen-bond donors (Lipinski definition) is 3. The molecule has 0 aromatic heterocycles. The van der Waals surface area contributed by atoms with Gasteiger partial charge in [-0.25, -0.2) is 0 Å². The van der Waals surface area contributed by atoms with E-state index in [0.29, 0.717) is 19.3 Å². The SMILES string of the molecule is CCCCC/C=C\C/C=C\C/C=C\C[C@H](O)[C@H](O)CCCC(=O)O. The number of unbranched alkanes of at least 4 members (excludes halogenated alkanes) is 3. The number of rotatable bonds is 15. The van der Waals surface area contributed by atoms with E-state index in [0.717, 1.165) is 19.3 Å². The summed E-state index contributed by atoms with van der Waals surface area (Å²) >= 11 is 0. The van der Waals surface area contributed by atoms with Gasteiger partial charge in [-0.1, -0.05) is 56.2 Å². The smallest absolute Gasteiger partial charge is 0.303 e. The van der Waals surface area contributed by atoms with Gasteiger partial charge in [-0.3, -0.25) is 4.79 Å². The van der Waals surface area contributed by atoms with Crippen molar-refractivity contribution in [2.75, 3.05) is 0 Å². The van der Waals surface area contributed by atoms with E-state index in [4.69, 9.17) is 5.11 Å². The van der Waals surface area contributed by atoms with Crippen LogP contribution >= 0.6 is 0 Å². The van der Waals surface area contributed by atoms with Crippen molar-refractivity contribution >= 4 is 5.97 Å². The van der Waals surface area contributed by atoms with Crippen LogP contribution in [0.4, 0.5) is 0 Å². The molecule has 4 heteroatoms. The summed E-state index contributed by atoms with van der Waals surface area (Å²) in [7, 11) is 0. The molecule has 0 radical (unpaired) electrons. The van der Waals surface area contributed by atoms with Gasteiger partial charge in [0.2, 0.25) is 0 Å². The molecule has 0 aliphatic carbocycles. The van der Waals surface area contributed by atoms with E-state index >= 15 is 0 Å². The standard InChI is InChI=1S/C20H34O4/c1-2-3-4-5-6-7-8-9-10-11-12-13-15-18(21)19(22)16-14-17-20(23)24/h6-7,9-10,12-13,18-19,21-22H,2-5,8,11,14-17H2,1H3,(H,23,24)/b7-6-,10-9-,13-12-/t18-,19+/m0/s1. The van der Waals surface area contributed by atoms with Crippen LogP contribution in [0, 0.1) is 0 Å². The van der Waals surface area contributed by atoms with Crippen LogP contribution < -0.4 is 0 Å². The predicted molar refractivity (Wildman–Crippen MR) is 98.9 cm³/mol. The van der Waals surface area contributed by atoms with Gasteiger partial charge < -0.3 is 15.3 Å². The minimum absolute atomic E-state index is 0.0253. The van der Waals surface area contributed by atoms with Gasteiger partial charge in [-0.05, 0) is 44.9 Å². The number of allylic oxidation sites excluding steroid dienone is 5. The summed E-state index contributed by atoms with van der Waals surface area (Å²) in [5, 5.41) is 28.0. The zero-order valence-corrected chi connectivity index (χ0v) is 14.9. The van der Waals surface area contributed by atoms with Crippen LogP contribution in [0.2, 0.25) is 0 Å². The van der Waals surface area contributed by atoms with Gasteiger partial charge in [-0.15, -0.1) is 0 Å². The maximum atomic E-state index is 10.4. The van der Waals surface area contributed by atoms with Crippen LogP contribution in [0.15, 0.2) is 36.5 Å². The molecular formula is C20H34O4. The number of aliphatic hydroxyl groups is 2. The van der Waals surface area contributed by atoms with E-state index in [2.05, 4.69) is 31.2 Å². The molecule has 0 unspecified atom stereocenters. The molecule has 0 bridgehead atoms. The highest BCUT2D eigenvalue weighted by molar-refractivity contribution is 5.66. The van der Waals surface area contributed by atoms with Crippen molar-refractivity contribution in [2.24, 2.45) is 0 Å². The minimum atomic E-state index is -0.876. The molecular weight excluding hydrogens is 304 g/mol. The van der Waals surface area contributed by atoms with Crippen LogP contribution in [0.5, 0.6) is 0 Å². The van der Waals surface area contributed by atoms with Gasteiger partial charge >= 0.3 is 5.97 Å². The Morgan fingerprint density at radius 1 is 0.875 bits per heavy atom. The largest absolute Gasteiger partial charge is 0.481 e. The molecule has 0 heterocycles. The molecule has 2 atom stereocenters. The van der Waals surface area contributed by atoms with Crippen molar-refractivity contribution < 1.29 is 20.1 Å². The molecule has 0 aliphatic rings. The normalized spacial score (nSPS) is 14.8. The minimum Gasteiger partial charge on any atom is -0.481 e. The molecule has 0 aromatic carbocycles. The number of carbonyl (C=O) groups is 1. The Morgan fingerprint density at radius 2 is 1.50 bits per heavy atom. The third-order valence-corrected chi connectivity index (χ3v) is 3.73. The van der Waals surface area contributed by atoms with Gasteiger partial charge in [0.05, 0.1) is 12.2 Å². The molecule has 0 aliphatic heterocycles. The summed E-state index contributed by atoms with van der Waals surface area (Å²) < 4.78 is 0. The first-order valence-corrected chi connectivity index (χ1v) is 9.10. The Morgan fingerprint density at radius 3 is 2.12 bits per heavy atom. The van der Waals surface area contributed by atoms with Gasteiger partial charge in [0.25, 0.3) is 0 Å². The highest BCUT2D eigenvalue weighted by Crippen LogP contribution is 2.09. The number of hydrogen-bond acceptors (Lipinski definition) is 3. The van der Waals surface area contributed by atoms with Gasteiger partial charge in [0.1, 0.15) is 0 Å². The van der Waals surface area contributed by atoms with Crippen molar-refractivity contribution in [3.63, 3.8) is 0 Å². The van der Waals surface area contributed by atoms with Crippen molar-refractivity contribution in [1.82, 2.24) is 0 Å². The van der Waals surface area contributed by atoms with Gasteiger partial charge in [0, 0.05) is 6.42 Å². The Kier molecular flexibility index (Phi) is 15.5. The lowest BCUT2D eigenvalue weighted by Crippen LogP contribution is -2.25. The maximum Gasteiger partial charge on any atom is 0.303 e. The molecule has 138 valence electrons. The molecule has 4 nitrogen and oxygen atoms in total. The lowest BCUT2D eigenvalue weighted by Gasteiger charge is -2.15. The number of aliphatic carboxylic acids is 1. The van der Waals surface area contributed by atoms with Gasteiger partial charge in [0.15, 0.2) is 0 Å². The van der Waals surface area contributed by atoms with E-state index in [9.17, 15) is 15.0 Å². The van der Waals surface area contributed by atoms with E-state index in [1.807, 2.05) is 12.2 Å². The highest BCUT2D eigenvalue weighted by atomic mass is 16.4. The zero-order chi connectivity index (χ0) is 18.0. The second-order valence-corrected chi connectivity index (χ2v) is 6.04. The summed E-state index contributed by atoms with van der Waals surface area (Å²) in [6, 6.07) is 0. The van der Waals surface area contributed by atoms with E-state index in [-0.39, 0.29) is 6.42 Å². The van der Waals surface area contributed by atoms with Crippen LogP contribution in [-0.2, 0) is 4.79 Å². The summed E-state index contributed by atoms with van der Waals surface area (Å²) in [6.45, 7) is 2.21. The monoisotopic (exact) mass is 338 g/mol. The zero-order valence-electron chi connectivity index (χ0n) is 14.9. The maximum absolute atomic E-state index is 10.4. The topological polar surface area (TPSA) is 77.8 Å². The Balaban J connectivity index is 3.65. The molecule has 0 aromatic rings. The van der Waals surface area contributed by atoms with E-state index in [1.165, 1.54) is 19.3 Å². The van der Waals surface area contributed by atoms with Gasteiger partial charge in [-0.2, -0.15) is 0 Å². The summed E-state index contributed by atoms with van der Waals surface area (Å²) in [4.78, 5) is 10.4. The third kappa shape index (κ3) is 15.5.